The molecule has 0 aromatic heterocycles. The van der Waals surface area contributed by atoms with Crippen LogP contribution in [-0.4, -0.2) is 37.8 Å². The lowest BCUT2D eigenvalue weighted by Gasteiger charge is -2.24. The molecule has 0 aliphatic heterocycles. The molecule has 1 atom stereocenters. The fourth-order valence-corrected chi connectivity index (χ4v) is 4.37. The second kappa shape index (κ2) is 8.42. The average molecular weight is 350 g/mol. The molecule has 3 nitrogen and oxygen atoms in total. The third-order valence-corrected chi connectivity index (χ3v) is 6.64. The minimum Gasteiger partial charge on any atom is -0.207 e. The molecule has 0 spiro atoms. The second-order valence-electron chi connectivity index (χ2n) is 5.07. The summed E-state index contributed by atoms with van der Waals surface area (Å²) in [5.41, 5.74) is 1.99. The first kappa shape index (κ1) is 18.8. The van der Waals surface area contributed by atoms with E-state index in [1.165, 1.54) is 4.31 Å². The maximum Gasteiger partial charge on any atom is 0.243 e. The average Bonchev–Trinajstić information content (AvgIpc) is 2.50. The zero-order chi connectivity index (χ0) is 16.0. The molecule has 6 heteroatoms. The molecule has 1 aromatic rings. The summed E-state index contributed by atoms with van der Waals surface area (Å²) in [7, 11) is -1.81. The van der Waals surface area contributed by atoms with Gasteiger partial charge >= 0.3 is 0 Å². The molecule has 0 radical (unpaired) electrons. The lowest BCUT2D eigenvalue weighted by atomic mass is 10.1. The van der Waals surface area contributed by atoms with Gasteiger partial charge in [-0.05, 0) is 55.0 Å². The molecule has 0 fully saturated rings. The van der Waals surface area contributed by atoms with E-state index in [4.69, 9.17) is 11.6 Å². The van der Waals surface area contributed by atoms with Gasteiger partial charge in [0.2, 0.25) is 10.0 Å². The van der Waals surface area contributed by atoms with E-state index in [2.05, 4.69) is 0 Å². The topological polar surface area (TPSA) is 37.4 Å². The Morgan fingerprint density at radius 2 is 2.00 bits per heavy atom. The van der Waals surface area contributed by atoms with Gasteiger partial charge in [-0.2, -0.15) is 16.1 Å². The van der Waals surface area contributed by atoms with Crippen molar-refractivity contribution in [3.63, 3.8) is 0 Å². The number of halogens is 1. The highest BCUT2D eigenvalue weighted by Crippen LogP contribution is 2.23. The molecule has 0 amide bonds. The molecule has 0 aliphatic rings. The number of hydrogen-bond donors (Lipinski definition) is 0. The predicted molar refractivity (Wildman–Crippen MR) is 92.8 cm³/mol. The van der Waals surface area contributed by atoms with Crippen LogP contribution < -0.4 is 0 Å². The van der Waals surface area contributed by atoms with E-state index in [1.807, 2.05) is 26.2 Å². The molecule has 0 aliphatic carbocycles. The van der Waals surface area contributed by atoms with Crippen molar-refractivity contribution in [1.29, 1.82) is 0 Å². The number of alkyl halides is 1. The lowest BCUT2D eigenvalue weighted by Crippen LogP contribution is -2.35. The van der Waals surface area contributed by atoms with Crippen LogP contribution in [0, 0.1) is 0 Å². The van der Waals surface area contributed by atoms with E-state index in [0.717, 1.165) is 29.7 Å². The normalized spacial score (nSPS) is 13.6. The van der Waals surface area contributed by atoms with Crippen molar-refractivity contribution in [3.8, 4) is 0 Å². The van der Waals surface area contributed by atoms with E-state index in [-0.39, 0.29) is 6.04 Å². The predicted octanol–water partition coefficient (Wildman–Crippen LogP) is 3.75. The minimum atomic E-state index is -3.46. The van der Waals surface area contributed by atoms with Gasteiger partial charge in [-0.25, -0.2) is 8.42 Å². The Bertz CT molecular complexity index is 561. The van der Waals surface area contributed by atoms with Crippen molar-refractivity contribution in [1.82, 2.24) is 4.31 Å². The van der Waals surface area contributed by atoms with Gasteiger partial charge in [0, 0.05) is 19.0 Å². The first-order valence-electron chi connectivity index (χ1n) is 7.03. The fourth-order valence-electron chi connectivity index (χ4n) is 2.11. The molecule has 0 saturated heterocycles. The standard InChI is InChI=1S/C15H24ClNO2S2/c1-5-13-6-7-15(10-14(13)11-16)21(18,19)17(3)12(2)8-9-20-4/h6-7,10,12H,5,8-9,11H2,1-4H3. The second-order valence-corrected chi connectivity index (χ2v) is 8.32. The number of aryl methyl sites for hydroxylation is 1. The molecule has 0 heterocycles. The lowest BCUT2D eigenvalue weighted by molar-refractivity contribution is 0.382. The van der Waals surface area contributed by atoms with Gasteiger partial charge in [0.15, 0.2) is 0 Å². The largest absolute Gasteiger partial charge is 0.243 e. The van der Waals surface area contributed by atoms with E-state index in [9.17, 15) is 8.42 Å². The maximum atomic E-state index is 12.7. The molecular formula is C15H24ClNO2S2. The number of nitrogens with zero attached hydrogens (tertiary/aromatic N) is 1. The SMILES string of the molecule is CCc1ccc(S(=O)(=O)N(C)C(C)CCSC)cc1CCl. The zero-order valence-corrected chi connectivity index (χ0v) is 15.5. The van der Waals surface area contributed by atoms with Crippen molar-refractivity contribution >= 4 is 33.4 Å². The highest BCUT2D eigenvalue weighted by molar-refractivity contribution is 7.98. The molecule has 0 N–H and O–H groups in total. The van der Waals surface area contributed by atoms with Crippen molar-refractivity contribution in [2.45, 2.75) is 43.5 Å². The quantitative estimate of drug-likeness (QED) is 0.671. The maximum absolute atomic E-state index is 12.7. The summed E-state index contributed by atoms with van der Waals surface area (Å²) in [5.74, 6) is 1.28. The Morgan fingerprint density at radius 1 is 1.33 bits per heavy atom. The summed E-state index contributed by atoms with van der Waals surface area (Å²) in [6, 6.07) is 5.24. The van der Waals surface area contributed by atoms with Crippen LogP contribution in [-0.2, 0) is 22.3 Å². The molecule has 0 saturated carbocycles. The Labute approximate surface area is 138 Å². The first-order valence-corrected chi connectivity index (χ1v) is 10.4. The molecule has 120 valence electrons. The van der Waals surface area contributed by atoms with Crippen LogP contribution in [0.3, 0.4) is 0 Å². The molecule has 1 rings (SSSR count). The van der Waals surface area contributed by atoms with Crippen LogP contribution in [0.25, 0.3) is 0 Å². The van der Waals surface area contributed by atoms with Crippen molar-refractivity contribution in [3.05, 3.63) is 29.3 Å². The molecular weight excluding hydrogens is 326 g/mol. The van der Waals surface area contributed by atoms with Gasteiger partial charge in [-0.1, -0.05) is 13.0 Å². The van der Waals surface area contributed by atoms with Crippen molar-refractivity contribution in [2.75, 3.05) is 19.1 Å². The van der Waals surface area contributed by atoms with Crippen LogP contribution in [0.2, 0.25) is 0 Å². The summed E-state index contributed by atoms with van der Waals surface area (Å²) < 4.78 is 26.8. The van der Waals surface area contributed by atoms with Gasteiger partial charge in [-0.3, -0.25) is 0 Å². The number of rotatable bonds is 8. The monoisotopic (exact) mass is 349 g/mol. The molecule has 1 aromatic carbocycles. The Balaban J connectivity index is 3.07. The van der Waals surface area contributed by atoms with Crippen molar-refractivity contribution in [2.24, 2.45) is 0 Å². The Hall–Kier alpha value is -0.230. The van der Waals surface area contributed by atoms with Gasteiger partial charge in [0.25, 0.3) is 0 Å². The van der Waals surface area contributed by atoms with E-state index in [1.54, 1.807) is 30.9 Å². The summed E-state index contributed by atoms with van der Waals surface area (Å²) in [6.07, 6.45) is 3.71. The third-order valence-electron chi connectivity index (χ3n) is 3.74. The third kappa shape index (κ3) is 4.62. The van der Waals surface area contributed by atoms with Crippen LogP contribution in [0.5, 0.6) is 0 Å². The smallest absolute Gasteiger partial charge is 0.207 e. The van der Waals surface area contributed by atoms with Crippen LogP contribution in [0.4, 0.5) is 0 Å². The number of benzene rings is 1. The number of thioether (sulfide) groups is 1. The molecule has 21 heavy (non-hydrogen) atoms. The number of sulfonamides is 1. The Morgan fingerprint density at radius 3 is 2.52 bits per heavy atom. The van der Waals surface area contributed by atoms with Crippen LogP contribution >= 0.6 is 23.4 Å². The minimum absolute atomic E-state index is 0.0206. The van der Waals surface area contributed by atoms with Gasteiger partial charge in [-0.15, -0.1) is 11.6 Å². The molecule has 1 unspecified atom stereocenters. The van der Waals surface area contributed by atoms with E-state index < -0.39 is 10.0 Å². The Kier molecular flexibility index (Phi) is 7.54. The van der Waals surface area contributed by atoms with Crippen LogP contribution in [0.1, 0.15) is 31.4 Å². The van der Waals surface area contributed by atoms with E-state index >= 15 is 0 Å². The first-order chi connectivity index (χ1) is 9.88. The summed E-state index contributed by atoms with van der Waals surface area (Å²) in [5, 5.41) is 0. The van der Waals surface area contributed by atoms with Gasteiger partial charge < -0.3 is 0 Å². The fraction of sp³-hybridized carbons (Fsp3) is 0.600. The highest BCUT2D eigenvalue weighted by Gasteiger charge is 2.25. The summed E-state index contributed by atoms with van der Waals surface area (Å²) in [4.78, 5) is 0.328. The molecule has 0 bridgehead atoms. The number of hydrogen-bond acceptors (Lipinski definition) is 3. The van der Waals surface area contributed by atoms with E-state index in [0.29, 0.717) is 10.8 Å². The van der Waals surface area contributed by atoms with Crippen molar-refractivity contribution < 1.29 is 8.42 Å². The summed E-state index contributed by atoms with van der Waals surface area (Å²) in [6.45, 7) is 3.98. The zero-order valence-electron chi connectivity index (χ0n) is 13.1. The van der Waals surface area contributed by atoms with Gasteiger partial charge in [0.05, 0.1) is 4.90 Å². The highest BCUT2D eigenvalue weighted by atomic mass is 35.5. The van der Waals surface area contributed by atoms with Gasteiger partial charge in [0.1, 0.15) is 0 Å². The summed E-state index contributed by atoms with van der Waals surface area (Å²) >= 11 is 7.66. The van der Waals surface area contributed by atoms with Crippen LogP contribution in [0.15, 0.2) is 23.1 Å².